The number of nitrogens with zero attached hydrogens (tertiary/aromatic N) is 6. The number of thioether (sulfide) groups is 1. The van der Waals surface area contributed by atoms with Crippen molar-refractivity contribution >= 4 is 68.0 Å². The van der Waals surface area contributed by atoms with Crippen LogP contribution in [-0.2, 0) is 0 Å². The van der Waals surface area contributed by atoms with E-state index < -0.39 is 0 Å². The average Bonchev–Trinajstić information content (AvgIpc) is 3.77. The second-order valence-corrected chi connectivity index (χ2v) is 13.6. The number of benzene rings is 4. The van der Waals surface area contributed by atoms with Gasteiger partial charge in [-0.15, -0.1) is 23.1 Å². The van der Waals surface area contributed by atoms with Gasteiger partial charge in [-0.2, -0.15) is 15.0 Å². The van der Waals surface area contributed by atoms with Crippen molar-refractivity contribution in [3.63, 3.8) is 0 Å². The van der Waals surface area contributed by atoms with Crippen LogP contribution in [0.1, 0.15) is 45.4 Å². The van der Waals surface area contributed by atoms with E-state index in [1.165, 1.54) is 43.4 Å². The van der Waals surface area contributed by atoms with E-state index in [1.54, 1.807) is 22.2 Å². The molecule has 9 nitrogen and oxygen atoms in total. The van der Waals surface area contributed by atoms with Crippen LogP contribution in [0, 0.1) is 0 Å². The Kier molecular flexibility index (Phi) is 9.57. The molecule has 244 valence electrons. The van der Waals surface area contributed by atoms with E-state index in [2.05, 4.69) is 22.1 Å². The van der Waals surface area contributed by atoms with E-state index in [0.717, 1.165) is 45.5 Å². The highest BCUT2D eigenvalue weighted by Crippen LogP contribution is 2.49. The lowest BCUT2D eigenvalue weighted by molar-refractivity contribution is 0.474. The van der Waals surface area contributed by atoms with Crippen molar-refractivity contribution in [3.05, 3.63) is 90.4 Å². The largest absolute Gasteiger partial charge is 0.505 e. The quantitative estimate of drug-likeness (QED) is 0.102. The van der Waals surface area contributed by atoms with Crippen LogP contribution >= 0.6 is 23.1 Å². The summed E-state index contributed by atoms with van der Waals surface area (Å²) in [5.74, 6) is 1.86. The number of anilines is 6. The highest BCUT2D eigenvalue weighted by molar-refractivity contribution is 7.99. The number of aromatic nitrogens is 4. The van der Waals surface area contributed by atoms with Crippen LogP contribution in [0.5, 0.6) is 11.5 Å². The van der Waals surface area contributed by atoms with Crippen LogP contribution in [0.25, 0.3) is 21.6 Å². The Hall–Kier alpha value is -4.87. The van der Waals surface area contributed by atoms with Gasteiger partial charge in [-0.3, -0.25) is 4.90 Å². The minimum Gasteiger partial charge on any atom is -0.505 e. The van der Waals surface area contributed by atoms with Crippen LogP contribution in [0.15, 0.2) is 95.3 Å². The zero-order valence-electron chi connectivity index (χ0n) is 26.7. The molecule has 0 saturated carbocycles. The van der Waals surface area contributed by atoms with Gasteiger partial charge in [0.05, 0.1) is 33.0 Å². The number of para-hydroxylation sites is 2. The normalized spacial score (nSPS) is 12.4. The lowest BCUT2D eigenvalue weighted by Gasteiger charge is -2.25. The number of nitrogens with one attached hydrogen (secondary N) is 1. The Balaban J connectivity index is 1.32. The smallest absolute Gasteiger partial charge is 0.240 e. The minimum atomic E-state index is 0.0277. The maximum absolute atomic E-state index is 11.9. The first-order valence-corrected chi connectivity index (χ1v) is 18.2. The van der Waals surface area contributed by atoms with Gasteiger partial charge < -0.3 is 20.4 Å². The second kappa shape index (κ2) is 14.5. The van der Waals surface area contributed by atoms with E-state index in [1.807, 2.05) is 84.9 Å². The molecule has 0 saturated heterocycles. The van der Waals surface area contributed by atoms with E-state index in [9.17, 15) is 10.2 Å². The Morgan fingerprint density at radius 1 is 0.812 bits per heavy atom. The molecule has 0 aliphatic carbocycles. The molecule has 3 heterocycles. The fourth-order valence-electron chi connectivity index (χ4n) is 5.95. The number of fused-ring (bicyclic) bond motifs is 2. The molecule has 6 aromatic rings. The molecule has 11 heteroatoms. The Morgan fingerprint density at radius 2 is 1.58 bits per heavy atom. The van der Waals surface area contributed by atoms with E-state index >= 15 is 0 Å². The second-order valence-electron chi connectivity index (χ2n) is 11.7. The summed E-state index contributed by atoms with van der Waals surface area (Å²) in [4.78, 5) is 24.2. The topological polar surface area (TPSA) is 111 Å². The lowest BCUT2D eigenvalue weighted by Crippen LogP contribution is -2.20. The number of hydrogen-bond acceptors (Lipinski definition) is 11. The monoisotopic (exact) mass is 675 g/mol. The van der Waals surface area contributed by atoms with E-state index in [-0.39, 0.29) is 17.4 Å². The molecule has 0 radical (unpaired) electrons. The highest BCUT2D eigenvalue weighted by atomic mass is 32.2. The van der Waals surface area contributed by atoms with E-state index in [0.29, 0.717) is 28.5 Å². The molecule has 4 aromatic carbocycles. The number of hydrogen-bond donors (Lipinski definition) is 3. The highest BCUT2D eigenvalue weighted by Gasteiger charge is 2.28. The number of unbranched alkanes of at least 4 members (excludes halogenated alkanes) is 5. The van der Waals surface area contributed by atoms with Gasteiger partial charge in [-0.1, -0.05) is 75.4 Å². The molecule has 3 N–H and O–H groups in total. The number of aromatic hydroxyl groups is 2. The average molecular weight is 676 g/mol. The molecule has 1 aliphatic heterocycles. The standard InChI is InChI=1S/C37H37N7O2S2/c1-2-3-4-5-6-13-22-43-24-48-30-20-18-27(33(45)32(30)43)35-40-36(39-25-14-9-7-10-15-25)42-37(41-35)44(26-16-11-8-12-17-26)28-19-21-29-31(34(28)46)38-23-47-29/h7-12,14-21,23,45-46H,2-6,13,22,24H2,1H3,(H,39,40,41,42). The Morgan fingerprint density at radius 3 is 2.40 bits per heavy atom. The minimum absolute atomic E-state index is 0.0277. The zero-order valence-corrected chi connectivity index (χ0v) is 28.3. The van der Waals surface area contributed by atoms with Crippen LogP contribution in [0.2, 0.25) is 0 Å². The van der Waals surface area contributed by atoms with E-state index in [4.69, 9.17) is 15.0 Å². The number of rotatable bonds is 13. The summed E-state index contributed by atoms with van der Waals surface area (Å²) in [7, 11) is 0. The van der Waals surface area contributed by atoms with Crippen molar-refractivity contribution in [2.24, 2.45) is 0 Å². The van der Waals surface area contributed by atoms with Gasteiger partial charge in [0.25, 0.3) is 0 Å². The van der Waals surface area contributed by atoms with Crippen molar-refractivity contribution < 1.29 is 10.2 Å². The predicted molar refractivity (Wildman–Crippen MR) is 198 cm³/mol. The van der Waals surface area contributed by atoms with Gasteiger partial charge in [-0.25, -0.2) is 4.98 Å². The lowest BCUT2D eigenvalue weighted by atomic mass is 10.1. The summed E-state index contributed by atoms with van der Waals surface area (Å²) in [5.41, 5.74) is 5.59. The third-order valence-electron chi connectivity index (χ3n) is 8.39. The van der Waals surface area contributed by atoms with Gasteiger partial charge in [0.1, 0.15) is 5.52 Å². The predicted octanol–water partition coefficient (Wildman–Crippen LogP) is 10.0. The van der Waals surface area contributed by atoms with Crippen molar-refractivity contribution in [3.8, 4) is 22.9 Å². The molecule has 2 aromatic heterocycles. The molecule has 0 unspecified atom stereocenters. The fourth-order valence-corrected chi connectivity index (χ4v) is 7.71. The third-order valence-corrected chi connectivity index (χ3v) is 10.3. The van der Waals surface area contributed by atoms with Crippen LogP contribution in [-0.4, -0.2) is 42.6 Å². The summed E-state index contributed by atoms with van der Waals surface area (Å²) in [6.45, 7) is 3.12. The van der Waals surface area contributed by atoms with Gasteiger partial charge in [-0.05, 0) is 55.0 Å². The van der Waals surface area contributed by atoms with Crippen molar-refractivity contribution in [1.82, 2.24) is 19.9 Å². The first-order valence-electron chi connectivity index (χ1n) is 16.3. The zero-order chi connectivity index (χ0) is 32.9. The molecular formula is C37H37N7O2S2. The third kappa shape index (κ3) is 6.61. The molecular weight excluding hydrogens is 639 g/mol. The first kappa shape index (κ1) is 31.7. The summed E-state index contributed by atoms with van der Waals surface area (Å²) in [6.07, 6.45) is 7.28. The van der Waals surface area contributed by atoms with Crippen molar-refractivity contribution in [2.45, 2.75) is 50.3 Å². The molecule has 0 bridgehead atoms. The van der Waals surface area contributed by atoms with Crippen LogP contribution < -0.4 is 15.1 Å². The molecule has 48 heavy (non-hydrogen) atoms. The van der Waals surface area contributed by atoms with Gasteiger partial charge in [0.15, 0.2) is 17.3 Å². The van der Waals surface area contributed by atoms with Crippen LogP contribution in [0.4, 0.5) is 34.6 Å². The summed E-state index contributed by atoms with van der Waals surface area (Å²) in [5, 5.41) is 26.7. The molecule has 0 amide bonds. The van der Waals surface area contributed by atoms with Crippen molar-refractivity contribution in [1.29, 1.82) is 0 Å². The number of phenolic OH excluding ortho intramolecular Hbond substituents is 2. The first-order chi connectivity index (χ1) is 23.6. The maximum Gasteiger partial charge on any atom is 0.240 e. The summed E-state index contributed by atoms with van der Waals surface area (Å²) < 4.78 is 0.874. The van der Waals surface area contributed by atoms with Crippen molar-refractivity contribution in [2.75, 3.05) is 27.5 Å². The molecule has 7 rings (SSSR count). The van der Waals surface area contributed by atoms with Gasteiger partial charge >= 0.3 is 0 Å². The molecule has 0 atom stereocenters. The summed E-state index contributed by atoms with van der Waals surface area (Å²) >= 11 is 3.20. The van der Waals surface area contributed by atoms with Gasteiger partial charge in [0.2, 0.25) is 11.9 Å². The fraction of sp³-hybridized carbons (Fsp3) is 0.243. The van der Waals surface area contributed by atoms with Gasteiger partial charge in [0, 0.05) is 22.8 Å². The Bertz CT molecular complexity index is 2010. The Labute approximate surface area is 288 Å². The molecule has 1 aliphatic rings. The SMILES string of the molecule is CCCCCCCCN1CSc2ccc(-c3nc(Nc4ccccc4)nc(N(c4ccccc4)c4ccc5scnc5c4O)n3)c(O)c21. The molecule has 0 spiro atoms. The maximum atomic E-state index is 11.9. The summed E-state index contributed by atoms with van der Waals surface area (Å²) in [6, 6.07) is 27.0. The van der Waals surface area contributed by atoms with Crippen LogP contribution in [0.3, 0.4) is 0 Å². The molecule has 0 fully saturated rings. The number of thiazole rings is 1. The number of phenols is 2.